The van der Waals surface area contributed by atoms with E-state index in [1.54, 1.807) is 5.56 Å². The summed E-state index contributed by atoms with van der Waals surface area (Å²) in [5, 5.41) is 1.49. The van der Waals surface area contributed by atoms with Crippen molar-refractivity contribution >= 4 is 33.5 Å². The van der Waals surface area contributed by atoms with E-state index in [1.165, 1.54) is 149 Å². The van der Waals surface area contributed by atoms with E-state index in [-0.39, 0.29) is 0 Å². The minimum Gasteiger partial charge on any atom is -0.357 e. The summed E-state index contributed by atoms with van der Waals surface area (Å²) >= 11 is 2.47. The van der Waals surface area contributed by atoms with E-state index in [4.69, 9.17) is 0 Å². The third-order valence-electron chi connectivity index (χ3n) is 7.74. The molecule has 1 aromatic heterocycles. The van der Waals surface area contributed by atoms with Crippen LogP contribution in [0.5, 0.6) is 0 Å². The van der Waals surface area contributed by atoms with Crippen LogP contribution in [0.1, 0.15) is 134 Å². The van der Waals surface area contributed by atoms with Crippen LogP contribution in [0.3, 0.4) is 0 Å². The molecule has 1 aliphatic carbocycles. The lowest BCUT2D eigenvalue weighted by Gasteiger charge is -2.22. The number of H-pyrrole nitrogens is 1. The SMILES string of the molecule is CCCCCCCCCCCCCCCCCCC1CCc2[nH]c3c(I)cccc3c2C1. The van der Waals surface area contributed by atoms with E-state index in [0.29, 0.717) is 0 Å². The third kappa shape index (κ3) is 8.69. The van der Waals surface area contributed by atoms with Crippen LogP contribution in [0, 0.1) is 9.49 Å². The van der Waals surface area contributed by atoms with Crippen LogP contribution in [0.2, 0.25) is 0 Å². The summed E-state index contributed by atoms with van der Waals surface area (Å²) in [5.41, 5.74) is 4.53. The molecule has 3 rings (SSSR count). The van der Waals surface area contributed by atoms with Crippen molar-refractivity contribution in [2.24, 2.45) is 5.92 Å². The standard InChI is InChI=1S/C30H48IN/c1-2-3-4-5-6-7-8-9-10-11-12-13-14-15-16-17-19-25-22-23-29-27(24-25)26-20-18-21-28(31)30(26)32-29/h18,20-21,25,32H,2-17,19,22-24H2,1H3. The molecule has 1 aromatic carbocycles. The maximum atomic E-state index is 3.72. The van der Waals surface area contributed by atoms with Crippen molar-refractivity contribution in [3.63, 3.8) is 0 Å². The predicted molar refractivity (Wildman–Crippen MR) is 151 cm³/mol. The van der Waals surface area contributed by atoms with E-state index in [2.05, 4.69) is 52.7 Å². The topological polar surface area (TPSA) is 15.8 Å². The fraction of sp³-hybridized carbons (Fsp3) is 0.733. The third-order valence-corrected chi connectivity index (χ3v) is 8.64. The summed E-state index contributed by atoms with van der Waals surface area (Å²) in [5.74, 6) is 0.908. The maximum absolute atomic E-state index is 3.72. The van der Waals surface area contributed by atoms with Gasteiger partial charge in [0.1, 0.15) is 0 Å². The Bertz CT molecular complexity index is 762. The number of para-hydroxylation sites is 1. The van der Waals surface area contributed by atoms with E-state index in [0.717, 1.165) is 5.92 Å². The molecule has 0 saturated heterocycles. The summed E-state index contributed by atoms with van der Waals surface area (Å²) in [6.07, 6.45) is 28.7. The van der Waals surface area contributed by atoms with Crippen molar-refractivity contribution in [3.8, 4) is 0 Å². The molecule has 0 aliphatic heterocycles. The van der Waals surface area contributed by atoms with Gasteiger partial charge in [-0.05, 0) is 59.4 Å². The van der Waals surface area contributed by atoms with Gasteiger partial charge in [0.05, 0.1) is 5.52 Å². The van der Waals surface area contributed by atoms with Crippen molar-refractivity contribution < 1.29 is 0 Å². The molecule has 1 heterocycles. The van der Waals surface area contributed by atoms with Crippen molar-refractivity contribution in [1.29, 1.82) is 0 Å². The van der Waals surface area contributed by atoms with Crippen molar-refractivity contribution in [1.82, 2.24) is 4.98 Å². The van der Waals surface area contributed by atoms with Crippen LogP contribution >= 0.6 is 22.6 Å². The number of hydrogen-bond donors (Lipinski definition) is 1. The Hall–Kier alpha value is -0.510. The highest BCUT2D eigenvalue weighted by atomic mass is 127. The molecule has 1 unspecified atom stereocenters. The monoisotopic (exact) mass is 549 g/mol. The first-order valence-electron chi connectivity index (χ1n) is 14.1. The normalized spacial score (nSPS) is 16.0. The highest BCUT2D eigenvalue weighted by molar-refractivity contribution is 14.1. The van der Waals surface area contributed by atoms with Crippen LogP contribution in [0.15, 0.2) is 18.2 Å². The summed E-state index contributed by atoms with van der Waals surface area (Å²) in [4.78, 5) is 3.72. The second-order valence-corrected chi connectivity index (χ2v) is 11.6. The van der Waals surface area contributed by atoms with Gasteiger partial charge >= 0.3 is 0 Å². The number of unbranched alkanes of at least 4 members (excludes halogenated alkanes) is 15. The summed E-state index contributed by atoms with van der Waals surface area (Å²) in [7, 11) is 0. The molecule has 0 spiro atoms. The first kappa shape index (κ1) is 26.1. The molecule has 0 saturated carbocycles. The molecular formula is C30H48IN. The van der Waals surface area contributed by atoms with Gasteiger partial charge in [0.15, 0.2) is 0 Å². The minimum absolute atomic E-state index is 0.908. The molecule has 0 fully saturated rings. The predicted octanol–water partition coefficient (Wildman–Crippen LogP) is 10.5. The van der Waals surface area contributed by atoms with Crippen molar-refractivity contribution in [2.75, 3.05) is 0 Å². The van der Waals surface area contributed by atoms with Gasteiger partial charge in [-0.3, -0.25) is 0 Å². The minimum atomic E-state index is 0.908. The van der Waals surface area contributed by atoms with Gasteiger partial charge in [0, 0.05) is 14.7 Å². The molecule has 180 valence electrons. The van der Waals surface area contributed by atoms with Gasteiger partial charge in [-0.25, -0.2) is 0 Å². The number of halogens is 1. The van der Waals surface area contributed by atoms with E-state index in [9.17, 15) is 0 Å². The first-order valence-corrected chi connectivity index (χ1v) is 15.2. The smallest absolute Gasteiger partial charge is 0.0594 e. The second kappa shape index (κ2) is 15.4. The van der Waals surface area contributed by atoms with Gasteiger partial charge in [-0.1, -0.05) is 128 Å². The highest BCUT2D eigenvalue weighted by Crippen LogP contribution is 2.35. The van der Waals surface area contributed by atoms with Crippen LogP contribution < -0.4 is 0 Å². The lowest BCUT2D eigenvalue weighted by Crippen LogP contribution is -2.13. The zero-order valence-corrected chi connectivity index (χ0v) is 23.0. The largest absolute Gasteiger partial charge is 0.357 e. The van der Waals surface area contributed by atoms with E-state index >= 15 is 0 Å². The van der Waals surface area contributed by atoms with Crippen LogP contribution in [0.4, 0.5) is 0 Å². The lowest BCUT2D eigenvalue weighted by molar-refractivity contribution is 0.403. The van der Waals surface area contributed by atoms with Crippen molar-refractivity contribution in [2.45, 2.75) is 135 Å². The Morgan fingerprint density at radius 1 is 0.781 bits per heavy atom. The first-order chi connectivity index (χ1) is 15.8. The molecule has 0 radical (unpaired) electrons. The van der Waals surface area contributed by atoms with Gasteiger partial charge in [0.2, 0.25) is 0 Å². The average Bonchev–Trinajstić information content (AvgIpc) is 3.18. The second-order valence-electron chi connectivity index (χ2n) is 10.4. The van der Waals surface area contributed by atoms with Crippen LogP contribution in [-0.2, 0) is 12.8 Å². The Morgan fingerprint density at radius 2 is 1.34 bits per heavy atom. The Morgan fingerprint density at radius 3 is 1.94 bits per heavy atom. The summed E-state index contributed by atoms with van der Waals surface area (Å²) < 4.78 is 1.36. The lowest BCUT2D eigenvalue weighted by atomic mass is 9.83. The van der Waals surface area contributed by atoms with Gasteiger partial charge < -0.3 is 4.98 Å². The van der Waals surface area contributed by atoms with Gasteiger partial charge in [-0.2, -0.15) is 0 Å². The number of benzene rings is 1. The zero-order valence-electron chi connectivity index (χ0n) is 20.8. The average molecular weight is 550 g/mol. The quantitative estimate of drug-likeness (QED) is 0.149. The molecular weight excluding hydrogens is 501 g/mol. The molecule has 1 nitrogen and oxygen atoms in total. The fourth-order valence-electron chi connectivity index (χ4n) is 5.70. The summed E-state index contributed by atoms with van der Waals surface area (Å²) in [6, 6.07) is 6.76. The number of rotatable bonds is 17. The van der Waals surface area contributed by atoms with Crippen molar-refractivity contribution in [3.05, 3.63) is 33.0 Å². The number of hydrogen-bond acceptors (Lipinski definition) is 0. The molecule has 2 heteroatoms. The molecule has 32 heavy (non-hydrogen) atoms. The molecule has 0 amide bonds. The van der Waals surface area contributed by atoms with Crippen LogP contribution in [0.25, 0.3) is 10.9 Å². The zero-order chi connectivity index (χ0) is 22.4. The molecule has 1 aliphatic rings. The number of aromatic amines is 1. The number of aromatic nitrogens is 1. The highest BCUT2D eigenvalue weighted by Gasteiger charge is 2.22. The fourth-order valence-corrected chi connectivity index (χ4v) is 6.34. The number of fused-ring (bicyclic) bond motifs is 3. The number of nitrogens with one attached hydrogen (secondary N) is 1. The van der Waals surface area contributed by atoms with Gasteiger partial charge in [0.25, 0.3) is 0 Å². The molecule has 1 N–H and O–H groups in total. The summed E-state index contributed by atoms with van der Waals surface area (Å²) in [6.45, 7) is 2.30. The van der Waals surface area contributed by atoms with E-state index < -0.39 is 0 Å². The Labute approximate surface area is 212 Å². The number of aryl methyl sites for hydroxylation is 1. The molecule has 1 atom stereocenters. The Balaban J connectivity index is 1.15. The molecule has 0 bridgehead atoms. The maximum Gasteiger partial charge on any atom is 0.0594 e. The van der Waals surface area contributed by atoms with E-state index in [1.807, 2.05) is 0 Å². The van der Waals surface area contributed by atoms with Gasteiger partial charge in [-0.15, -0.1) is 0 Å². The molecule has 2 aromatic rings. The Kier molecular flexibility index (Phi) is 12.6. The van der Waals surface area contributed by atoms with Crippen LogP contribution in [-0.4, -0.2) is 4.98 Å².